The number of rotatable bonds is 6. The SMILES string of the molecule is CC(C)N1C[C@H]2C#CC[C@@]2(c2ccc(-c3cnc(N)c(C(=O)NC45CC(CO)([C@H]4C)[C@H]5C)c3)cc2)C1. The van der Waals surface area contributed by atoms with E-state index in [1.54, 1.807) is 6.20 Å². The van der Waals surface area contributed by atoms with Crippen LogP contribution in [0.2, 0.25) is 0 Å². The summed E-state index contributed by atoms with van der Waals surface area (Å²) in [5, 5.41) is 13.1. The standard InChI is InChI=1S/C30H36N4O2/c1-18(2)34-14-24-6-5-11-28(24,16-34)23-9-7-21(8-10-23)22-12-25(26(31)32-13-22)27(36)33-30-15-29(17-35,19(30)3)20(30)4/h7-10,12-13,18-20,24,35H,11,14-17H2,1-4H3,(H2,31,32)(H,33,36)/t19-,20-,24-,28+,29?,30?/m1/s1. The summed E-state index contributed by atoms with van der Waals surface area (Å²) in [5.74, 6) is 7.80. The first kappa shape index (κ1) is 23.5. The van der Waals surface area contributed by atoms with Crippen molar-refractivity contribution in [3.63, 3.8) is 0 Å². The van der Waals surface area contributed by atoms with Crippen LogP contribution in [0.15, 0.2) is 36.5 Å². The lowest BCUT2D eigenvalue weighted by Gasteiger charge is -2.80. The molecule has 3 saturated carbocycles. The zero-order valence-corrected chi connectivity index (χ0v) is 21.6. The van der Waals surface area contributed by atoms with Crippen molar-refractivity contribution in [2.24, 2.45) is 23.2 Å². The molecule has 6 nitrogen and oxygen atoms in total. The molecular weight excluding hydrogens is 448 g/mol. The van der Waals surface area contributed by atoms with Crippen molar-refractivity contribution in [2.75, 3.05) is 25.4 Å². The molecule has 36 heavy (non-hydrogen) atoms. The maximum absolute atomic E-state index is 13.3. The van der Waals surface area contributed by atoms with Gasteiger partial charge in [0.25, 0.3) is 5.91 Å². The van der Waals surface area contributed by atoms with Gasteiger partial charge in [-0.1, -0.05) is 44.0 Å². The highest BCUT2D eigenvalue weighted by Gasteiger charge is 2.79. The van der Waals surface area contributed by atoms with Gasteiger partial charge in [0.2, 0.25) is 0 Å². The fourth-order valence-electron chi connectivity index (χ4n) is 7.68. The summed E-state index contributed by atoms with van der Waals surface area (Å²) < 4.78 is 0. The van der Waals surface area contributed by atoms with Crippen LogP contribution in [-0.2, 0) is 5.41 Å². The van der Waals surface area contributed by atoms with Gasteiger partial charge in [0.05, 0.1) is 5.56 Å². The number of nitrogens with one attached hydrogen (secondary N) is 1. The summed E-state index contributed by atoms with van der Waals surface area (Å²) in [6.45, 7) is 11.0. The average Bonchev–Trinajstić information content (AvgIpc) is 3.45. The minimum Gasteiger partial charge on any atom is -0.396 e. The van der Waals surface area contributed by atoms with Gasteiger partial charge in [-0.3, -0.25) is 9.69 Å². The van der Waals surface area contributed by atoms with Gasteiger partial charge in [-0.05, 0) is 49.3 Å². The highest BCUT2D eigenvalue weighted by Crippen LogP contribution is 2.74. The molecule has 2 bridgehead atoms. The summed E-state index contributed by atoms with van der Waals surface area (Å²) in [5.41, 5.74) is 9.52. The van der Waals surface area contributed by atoms with Gasteiger partial charge >= 0.3 is 0 Å². The first-order chi connectivity index (χ1) is 17.2. The number of aliphatic hydroxyl groups is 1. The van der Waals surface area contributed by atoms with Crippen molar-refractivity contribution in [1.29, 1.82) is 0 Å². The zero-order valence-electron chi connectivity index (χ0n) is 21.6. The molecule has 0 unspecified atom stereocenters. The number of amides is 1. The van der Waals surface area contributed by atoms with E-state index in [0.717, 1.165) is 37.1 Å². The minimum atomic E-state index is -0.256. The Morgan fingerprint density at radius 1 is 1.25 bits per heavy atom. The van der Waals surface area contributed by atoms with Crippen molar-refractivity contribution in [3.8, 4) is 23.0 Å². The second kappa shape index (κ2) is 7.81. The fourth-order valence-corrected chi connectivity index (χ4v) is 7.68. The molecule has 1 amide bonds. The third-order valence-electron chi connectivity index (χ3n) is 10.5. The lowest BCUT2D eigenvalue weighted by molar-refractivity contribution is -0.290. The Morgan fingerprint density at radius 2 is 1.97 bits per heavy atom. The van der Waals surface area contributed by atoms with Crippen LogP contribution in [0, 0.1) is 35.0 Å². The van der Waals surface area contributed by atoms with Crippen LogP contribution < -0.4 is 11.1 Å². The molecule has 4 fully saturated rings. The van der Waals surface area contributed by atoms with Gasteiger partial charge in [0.15, 0.2) is 0 Å². The number of carbonyl (C=O) groups is 1. The molecule has 5 aliphatic rings. The number of likely N-dealkylation sites (tertiary alicyclic amines) is 1. The van der Waals surface area contributed by atoms with Crippen LogP contribution in [-0.4, -0.2) is 52.2 Å². The topological polar surface area (TPSA) is 91.5 Å². The van der Waals surface area contributed by atoms with Crippen LogP contribution >= 0.6 is 0 Å². The first-order valence-electron chi connectivity index (χ1n) is 13.2. The van der Waals surface area contributed by atoms with Crippen LogP contribution in [0.25, 0.3) is 11.1 Å². The van der Waals surface area contributed by atoms with Crippen molar-refractivity contribution in [1.82, 2.24) is 15.2 Å². The first-order valence-corrected chi connectivity index (χ1v) is 13.2. The quantitative estimate of drug-likeness (QED) is 0.547. The third kappa shape index (κ3) is 2.93. The molecule has 6 heteroatoms. The van der Waals surface area contributed by atoms with Gasteiger partial charge in [-0.25, -0.2) is 4.98 Å². The molecular formula is C30H36N4O2. The largest absolute Gasteiger partial charge is 0.396 e. The molecule has 1 aromatic carbocycles. The fraction of sp³-hybridized carbons (Fsp3) is 0.533. The van der Waals surface area contributed by atoms with Gasteiger partial charge in [0.1, 0.15) is 5.82 Å². The number of pyridine rings is 1. The number of hydrogen-bond acceptors (Lipinski definition) is 5. The van der Waals surface area contributed by atoms with E-state index >= 15 is 0 Å². The predicted molar refractivity (Wildman–Crippen MR) is 141 cm³/mol. The molecule has 2 heterocycles. The Bertz CT molecular complexity index is 1280. The molecule has 1 aliphatic heterocycles. The van der Waals surface area contributed by atoms with E-state index in [4.69, 9.17) is 5.73 Å². The Kier molecular flexibility index (Phi) is 5.10. The Hall–Kier alpha value is -2.88. The molecule has 2 aromatic rings. The average molecular weight is 485 g/mol. The van der Waals surface area contributed by atoms with E-state index in [0.29, 0.717) is 17.5 Å². The zero-order chi connectivity index (χ0) is 25.5. The Labute approximate surface area is 213 Å². The van der Waals surface area contributed by atoms with Gasteiger partial charge < -0.3 is 16.2 Å². The number of aromatic nitrogens is 1. The Morgan fingerprint density at radius 3 is 2.61 bits per heavy atom. The summed E-state index contributed by atoms with van der Waals surface area (Å²) in [4.78, 5) is 20.2. The normalized spacial score (nSPS) is 36.0. The molecule has 1 aromatic heterocycles. The second-order valence-corrected chi connectivity index (χ2v) is 12.0. The number of carbonyl (C=O) groups excluding carboxylic acids is 1. The highest BCUT2D eigenvalue weighted by molar-refractivity contribution is 6.00. The number of anilines is 1. The van der Waals surface area contributed by atoms with E-state index in [1.165, 1.54) is 5.56 Å². The molecule has 0 radical (unpaired) electrons. The second-order valence-electron chi connectivity index (χ2n) is 12.0. The van der Waals surface area contributed by atoms with E-state index in [2.05, 4.69) is 79.0 Å². The van der Waals surface area contributed by atoms with Gasteiger partial charge in [0, 0.05) is 66.2 Å². The highest BCUT2D eigenvalue weighted by atomic mass is 16.3. The molecule has 0 spiro atoms. The molecule has 4 N–H and O–H groups in total. The van der Waals surface area contributed by atoms with Gasteiger partial charge in [-0.15, -0.1) is 5.92 Å². The van der Waals surface area contributed by atoms with Crippen molar-refractivity contribution < 1.29 is 9.90 Å². The summed E-state index contributed by atoms with van der Waals surface area (Å²) in [6.07, 6.45) is 3.47. The van der Waals surface area contributed by atoms with Crippen LogP contribution in [0.4, 0.5) is 5.82 Å². The van der Waals surface area contributed by atoms with Crippen molar-refractivity contribution in [2.45, 2.75) is 57.5 Å². The number of nitrogen functional groups attached to an aromatic ring is 1. The van der Waals surface area contributed by atoms with Crippen LogP contribution in [0.3, 0.4) is 0 Å². The number of aliphatic hydroxyl groups excluding tert-OH is 1. The number of nitrogens with two attached hydrogens (primary N) is 1. The number of nitrogens with zero attached hydrogens (tertiary/aromatic N) is 2. The van der Waals surface area contributed by atoms with Crippen LogP contribution in [0.5, 0.6) is 0 Å². The molecule has 4 atom stereocenters. The molecule has 4 aliphatic carbocycles. The lowest BCUT2D eigenvalue weighted by atomic mass is 9.28. The monoisotopic (exact) mass is 484 g/mol. The van der Waals surface area contributed by atoms with E-state index in [-0.39, 0.29) is 46.5 Å². The smallest absolute Gasteiger partial charge is 0.255 e. The summed E-state index contributed by atoms with van der Waals surface area (Å²) in [6, 6.07) is 11.1. The molecule has 1 saturated heterocycles. The summed E-state index contributed by atoms with van der Waals surface area (Å²) in [7, 11) is 0. The lowest BCUT2D eigenvalue weighted by Crippen LogP contribution is -2.87. The van der Waals surface area contributed by atoms with Gasteiger partial charge in [-0.2, -0.15) is 0 Å². The summed E-state index contributed by atoms with van der Waals surface area (Å²) >= 11 is 0. The number of hydrogen-bond donors (Lipinski definition) is 3. The van der Waals surface area contributed by atoms with E-state index < -0.39 is 0 Å². The van der Waals surface area contributed by atoms with Crippen LogP contribution in [0.1, 0.15) is 56.5 Å². The van der Waals surface area contributed by atoms with E-state index in [9.17, 15) is 9.90 Å². The third-order valence-corrected chi connectivity index (χ3v) is 10.5. The van der Waals surface area contributed by atoms with Crippen molar-refractivity contribution in [3.05, 3.63) is 47.7 Å². The van der Waals surface area contributed by atoms with E-state index in [1.807, 2.05) is 6.07 Å². The molecule has 7 rings (SSSR count). The maximum Gasteiger partial charge on any atom is 0.255 e. The Balaban J connectivity index is 1.23. The minimum absolute atomic E-state index is 0.0466. The molecule has 188 valence electrons. The number of fused-ring (bicyclic) bond motifs is 1. The van der Waals surface area contributed by atoms with Crippen molar-refractivity contribution >= 4 is 11.7 Å². The number of benzene rings is 1. The predicted octanol–water partition coefficient (Wildman–Crippen LogP) is 3.45. The maximum atomic E-state index is 13.3.